The van der Waals surface area contributed by atoms with E-state index in [2.05, 4.69) is 43.0 Å². The van der Waals surface area contributed by atoms with Crippen LogP contribution in [0.15, 0.2) is 11.1 Å². The van der Waals surface area contributed by atoms with Gasteiger partial charge in [-0.2, -0.15) is 0 Å². The van der Waals surface area contributed by atoms with Crippen LogP contribution in [0.25, 0.3) is 0 Å². The highest BCUT2D eigenvalue weighted by molar-refractivity contribution is 7.99. The molecule has 0 saturated heterocycles. The fraction of sp³-hybridized carbons (Fsp3) is 0.733. The largest absolute Gasteiger partial charge is 0.396 e. The minimum atomic E-state index is -0.0676. The molecule has 0 aliphatic heterocycles. The monoisotopic (exact) mass is 297 g/mol. The molecule has 1 atom stereocenters. The number of aliphatic hydroxyl groups is 1. The molecule has 20 heavy (non-hydrogen) atoms. The average molecular weight is 297 g/mol. The van der Waals surface area contributed by atoms with Crippen LogP contribution in [0.2, 0.25) is 0 Å². The van der Waals surface area contributed by atoms with Crippen molar-refractivity contribution >= 4 is 17.6 Å². The summed E-state index contributed by atoms with van der Waals surface area (Å²) in [5.74, 6) is 2.90. The normalized spacial score (nSPS) is 13.3. The third-order valence-corrected chi connectivity index (χ3v) is 4.00. The quantitative estimate of drug-likeness (QED) is 0.597. The molecule has 2 N–H and O–H groups in total. The third kappa shape index (κ3) is 5.67. The van der Waals surface area contributed by atoms with E-state index in [1.54, 1.807) is 11.8 Å². The molecule has 1 heterocycles. The maximum absolute atomic E-state index is 9.11. The van der Waals surface area contributed by atoms with Crippen LogP contribution in [0.4, 0.5) is 5.82 Å². The van der Waals surface area contributed by atoms with Gasteiger partial charge in [0.25, 0.3) is 0 Å². The van der Waals surface area contributed by atoms with Gasteiger partial charge >= 0.3 is 0 Å². The van der Waals surface area contributed by atoms with Crippen LogP contribution >= 0.6 is 11.8 Å². The summed E-state index contributed by atoms with van der Waals surface area (Å²) in [6, 6.07) is 2.00. The van der Waals surface area contributed by atoms with E-state index < -0.39 is 0 Å². The number of nitrogens with one attached hydrogen (secondary N) is 1. The first-order valence-electron chi connectivity index (χ1n) is 7.24. The molecule has 1 aromatic heterocycles. The summed E-state index contributed by atoms with van der Waals surface area (Å²) in [5, 5.41) is 13.4. The molecule has 0 amide bonds. The van der Waals surface area contributed by atoms with E-state index >= 15 is 0 Å². The van der Waals surface area contributed by atoms with Gasteiger partial charge in [-0.1, -0.05) is 34.6 Å². The van der Waals surface area contributed by atoms with Gasteiger partial charge in [0.2, 0.25) is 0 Å². The average Bonchev–Trinajstić information content (AvgIpc) is 2.41. The number of hydrogen-bond acceptors (Lipinski definition) is 5. The zero-order chi connectivity index (χ0) is 15.2. The van der Waals surface area contributed by atoms with E-state index in [1.807, 2.05) is 13.0 Å². The van der Waals surface area contributed by atoms with Crippen LogP contribution in [-0.4, -0.2) is 34.0 Å². The summed E-state index contributed by atoms with van der Waals surface area (Å²) >= 11 is 1.68. The van der Waals surface area contributed by atoms with E-state index in [0.717, 1.165) is 35.4 Å². The van der Waals surface area contributed by atoms with E-state index in [0.29, 0.717) is 0 Å². The molecule has 0 saturated carbocycles. The Kier molecular flexibility index (Phi) is 6.76. The zero-order valence-electron chi connectivity index (χ0n) is 13.2. The molecular formula is C15H27N3OS. The summed E-state index contributed by atoms with van der Waals surface area (Å²) < 4.78 is 0. The molecule has 0 bridgehead atoms. The molecular weight excluding hydrogens is 270 g/mol. The molecule has 0 aromatic carbocycles. The first-order chi connectivity index (χ1) is 9.36. The molecule has 0 spiro atoms. The van der Waals surface area contributed by atoms with Crippen molar-refractivity contribution in [1.29, 1.82) is 0 Å². The van der Waals surface area contributed by atoms with Crippen LogP contribution in [-0.2, 0) is 5.41 Å². The Morgan fingerprint density at radius 2 is 2.05 bits per heavy atom. The van der Waals surface area contributed by atoms with Crippen LogP contribution in [0.1, 0.15) is 46.9 Å². The summed E-state index contributed by atoms with van der Waals surface area (Å²) in [6.07, 6.45) is 1.07. The number of aromatic nitrogens is 2. The van der Waals surface area contributed by atoms with Crippen molar-refractivity contribution in [3.8, 4) is 0 Å². The van der Waals surface area contributed by atoms with Gasteiger partial charge in [0.15, 0.2) is 0 Å². The molecule has 5 heteroatoms. The maximum Gasteiger partial charge on any atom is 0.137 e. The first kappa shape index (κ1) is 17.2. The number of nitrogens with zero attached hydrogens (tertiary/aromatic N) is 2. The molecule has 1 rings (SSSR count). The lowest BCUT2D eigenvalue weighted by atomic mass is 9.96. The Hall–Kier alpha value is -0.810. The van der Waals surface area contributed by atoms with Crippen LogP contribution in [0.5, 0.6) is 0 Å². The van der Waals surface area contributed by atoms with Gasteiger partial charge in [-0.15, -0.1) is 11.8 Å². The van der Waals surface area contributed by atoms with E-state index in [-0.39, 0.29) is 17.9 Å². The number of thioether (sulfide) groups is 1. The van der Waals surface area contributed by atoms with Crippen molar-refractivity contribution in [2.24, 2.45) is 5.92 Å². The minimum Gasteiger partial charge on any atom is -0.396 e. The van der Waals surface area contributed by atoms with Crippen molar-refractivity contribution in [1.82, 2.24) is 9.97 Å². The summed E-state index contributed by atoms with van der Waals surface area (Å²) in [6.45, 7) is 11.7. The Morgan fingerprint density at radius 1 is 1.35 bits per heavy atom. The lowest BCUT2D eigenvalue weighted by Gasteiger charge is -2.19. The second-order valence-electron chi connectivity index (χ2n) is 6.19. The Balaban J connectivity index is 2.91. The van der Waals surface area contributed by atoms with Gasteiger partial charge in [0.05, 0.1) is 0 Å². The fourth-order valence-electron chi connectivity index (χ4n) is 1.46. The van der Waals surface area contributed by atoms with Gasteiger partial charge in [0, 0.05) is 30.4 Å². The predicted octanol–water partition coefficient (Wildman–Crippen LogP) is 3.32. The van der Waals surface area contributed by atoms with Crippen molar-refractivity contribution in [2.75, 3.05) is 24.2 Å². The second-order valence-corrected chi connectivity index (χ2v) is 7.23. The Morgan fingerprint density at radius 3 is 2.60 bits per heavy atom. The number of rotatable bonds is 7. The lowest BCUT2D eigenvalue weighted by molar-refractivity contribution is 0.250. The van der Waals surface area contributed by atoms with Gasteiger partial charge in [-0.05, 0) is 12.3 Å². The van der Waals surface area contributed by atoms with E-state index in [9.17, 15) is 0 Å². The molecule has 0 aliphatic rings. The number of hydrogen-bond donors (Lipinski definition) is 2. The molecule has 0 aliphatic carbocycles. The molecule has 114 valence electrons. The predicted molar refractivity (Wildman–Crippen MR) is 86.5 cm³/mol. The zero-order valence-corrected chi connectivity index (χ0v) is 14.0. The van der Waals surface area contributed by atoms with Crippen molar-refractivity contribution < 1.29 is 5.11 Å². The summed E-state index contributed by atoms with van der Waals surface area (Å²) in [7, 11) is 0. The van der Waals surface area contributed by atoms with Crippen LogP contribution in [0.3, 0.4) is 0 Å². The fourth-order valence-corrected chi connectivity index (χ4v) is 2.36. The maximum atomic E-state index is 9.11. The van der Waals surface area contributed by atoms with Gasteiger partial charge < -0.3 is 10.4 Å². The third-order valence-electron chi connectivity index (χ3n) is 2.76. The van der Waals surface area contributed by atoms with Gasteiger partial charge in [0.1, 0.15) is 16.7 Å². The van der Waals surface area contributed by atoms with Crippen LogP contribution in [0, 0.1) is 5.92 Å². The molecule has 1 unspecified atom stereocenters. The van der Waals surface area contributed by atoms with Crippen molar-refractivity contribution in [3.63, 3.8) is 0 Å². The van der Waals surface area contributed by atoms with E-state index in [1.165, 1.54) is 0 Å². The van der Waals surface area contributed by atoms with Gasteiger partial charge in [-0.3, -0.25) is 0 Å². The highest BCUT2D eigenvalue weighted by atomic mass is 32.2. The van der Waals surface area contributed by atoms with Crippen molar-refractivity contribution in [2.45, 2.75) is 51.5 Å². The number of anilines is 1. The molecule has 4 nitrogen and oxygen atoms in total. The summed E-state index contributed by atoms with van der Waals surface area (Å²) in [4.78, 5) is 9.25. The Labute approximate surface area is 126 Å². The molecule has 0 fully saturated rings. The number of aliphatic hydroxyl groups excluding tert-OH is 1. The summed E-state index contributed by atoms with van der Waals surface area (Å²) in [5.41, 5.74) is -0.0676. The van der Waals surface area contributed by atoms with Gasteiger partial charge in [-0.25, -0.2) is 9.97 Å². The lowest BCUT2D eigenvalue weighted by Crippen LogP contribution is -2.18. The highest BCUT2D eigenvalue weighted by Gasteiger charge is 2.19. The molecule has 1 aromatic rings. The van der Waals surface area contributed by atoms with E-state index in [4.69, 9.17) is 5.11 Å². The topological polar surface area (TPSA) is 58.0 Å². The van der Waals surface area contributed by atoms with Crippen molar-refractivity contribution in [3.05, 3.63) is 11.9 Å². The van der Waals surface area contributed by atoms with Crippen LogP contribution < -0.4 is 5.32 Å². The SMILES string of the molecule is CCCNc1cc(SCC(C)CO)nc(C(C)(C)C)n1. The Bertz CT molecular complexity index is 418. The molecule has 0 radical (unpaired) electrons. The second kappa shape index (κ2) is 7.84. The minimum absolute atomic E-state index is 0.0676. The first-order valence-corrected chi connectivity index (χ1v) is 8.22. The highest BCUT2D eigenvalue weighted by Crippen LogP contribution is 2.26. The standard InChI is InChI=1S/C15H27N3OS/c1-6-7-16-12-8-13(20-10-11(2)9-19)18-14(17-12)15(3,4)5/h8,11,19H,6-7,9-10H2,1-5H3,(H,16,17,18). The smallest absolute Gasteiger partial charge is 0.137 e.